The van der Waals surface area contributed by atoms with Crippen LogP contribution in [0.2, 0.25) is 0 Å². The van der Waals surface area contributed by atoms with Crippen molar-refractivity contribution < 1.29 is 13.2 Å². The maximum atomic E-state index is 12.5. The number of hydrogen-bond acceptors (Lipinski definition) is 1. The molecule has 0 spiro atoms. The van der Waals surface area contributed by atoms with Crippen LogP contribution in [-0.4, -0.2) is 11.1 Å². The van der Waals surface area contributed by atoms with Crippen molar-refractivity contribution in [2.45, 2.75) is 26.2 Å². The third-order valence-electron chi connectivity index (χ3n) is 3.04. The first-order chi connectivity index (χ1) is 9.49. The van der Waals surface area contributed by atoms with E-state index in [9.17, 15) is 13.2 Å². The van der Waals surface area contributed by atoms with Crippen LogP contribution in [0.3, 0.4) is 0 Å². The fraction of sp³-hybridized carbons (Fsp3) is 0.333. The molecule has 1 heterocycles. The number of benzene rings is 1. The summed E-state index contributed by atoms with van der Waals surface area (Å²) in [6.07, 6.45) is -0.338. The fourth-order valence-electron chi connectivity index (χ4n) is 1.97. The van der Waals surface area contributed by atoms with Crippen LogP contribution in [-0.2, 0) is 19.3 Å². The molecule has 2 aromatic rings. The summed E-state index contributed by atoms with van der Waals surface area (Å²) in [5, 5.41) is 3.23. The molecule has 0 unspecified atom stereocenters. The zero-order chi connectivity index (χ0) is 14.6. The number of nitrogens with one attached hydrogen (secondary N) is 1. The van der Waals surface area contributed by atoms with E-state index in [4.69, 9.17) is 0 Å². The Labute approximate surface area is 116 Å². The van der Waals surface area contributed by atoms with Gasteiger partial charge in [-0.1, -0.05) is 19.1 Å². The van der Waals surface area contributed by atoms with Gasteiger partial charge in [-0.05, 0) is 35.9 Å². The summed E-state index contributed by atoms with van der Waals surface area (Å²) in [5.74, 6) is 0. The highest BCUT2D eigenvalue weighted by molar-refractivity contribution is 5.25. The molecule has 0 saturated heterocycles. The second-order valence-electron chi connectivity index (χ2n) is 4.67. The smallest absolute Gasteiger partial charge is 0.350 e. The predicted octanol–water partition coefficient (Wildman–Crippen LogP) is 3.66. The van der Waals surface area contributed by atoms with Crippen molar-refractivity contribution in [2.24, 2.45) is 0 Å². The Balaban J connectivity index is 2.01. The number of aromatic nitrogens is 1. The molecule has 1 aromatic heterocycles. The Bertz CT molecular complexity index is 541. The van der Waals surface area contributed by atoms with Crippen molar-refractivity contribution in [3.05, 3.63) is 59.4 Å². The van der Waals surface area contributed by atoms with Crippen LogP contribution in [0.4, 0.5) is 13.2 Å². The number of halogens is 3. The minimum Gasteiger partial charge on any atom is -0.350 e. The minimum absolute atomic E-state index is 0.574. The highest BCUT2D eigenvalue weighted by atomic mass is 19.4. The van der Waals surface area contributed by atoms with Crippen LogP contribution < -0.4 is 5.32 Å². The number of hydrogen-bond donors (Lipinski definition) is 1. The van der Waals surface area contributed by atoms with Crippen molar-refractivity contribution in [1.82, 2.24) is 9.88 Å². The molecule has 0 saturated carbocycles. The summed E-state index contributed by atoms with van der Waals surface area (Å²) in [7, 11) is 0. The topological polar surface area (TPSA) is 17.0 Å². The van der Waals surface area contributed by atoms with E-state index < -0.39 is 11.7 Å². The van der Waals surface area contributed by atoms with Gasteiger partial charge in [0.2, 0.25) is 0 Å². The van der Waals surface area contributed by atoms with E-state index in [0.29, 0.717) is 6.54 Å². The Morgan fingerprint density at radius 3 is 2.35 bits per heavy atom. The SMILES string of the molecule is CCNCc1ccn(Cc2ccc(C(F)(F)F)cc2)c1. The van der Waals surface area contributed by atoms with Gasteiger partial charge in [-0.3, -0.25) is 0 Å². The maximum Gasteiger partial charge on any atom is 0.416 e. The molecule has 20 heavy (non-hydrogen) atoms. The summed E-state index contributed by atoms with van der Waals surface area (Å²) in [5.41, 5.74) is 1.41. The molecule has 1 aromatic carbocycles. The Morgan fingerprint density at radius 1 is 1.05 bits per heavy atom. The molecule has 2 rings (SSSR count). The molecule has 2 nitrogen and oxygen atoms in total. The van der Waals surface area contributed by atoms with Gasteiger partial charge in [-0.15, -0.1) is 0 Å². The van der Waals surface area contributed by atoms with Gasteiger partial charge in [0.25, 0.3) is 0 Å². The third kappa shape index (κ3) is 3.87. The average molecular weight is 282 g/mol. The van der Waals surface area contributed by atoms with E-state index in [1.54, 1.807) is 0 Å². The summed E-state index contributed by atoms with van der Waals surface area (Å²) < 4.78 is 39.3. The molecule has 5 heteroatoms. The Hall–Kier alpha value is -1.75. The van der Waals surface area contributed by atoms with Crippen LogP contribution in [0, 0.1) is 0 Å². The highest BCUT2D eigenvalue weighted by Crippen LogP contribution is 2.29. The molecular weight excluding hydrogens is 265 g/mol. The normalized spacial score (nSPS) is 11.8. The summed E-state index contributed by atoms with van der Waals surface area (Å²) in [4.78, 5) is 0. The average Bonchev–Trinajstić information content (AvgIpc) is 2.83. The van der Waals surface area contributed by atoms with Crippen LogP contribution in [0.5, 0.6) is 0 Å². The van der Waals surface area contributed by atoms with Gasteiger partial charge < -0.3 is 9.88 Å². The van der Waals surface area contributed by atoms with E-state index in [1.165, 1.54) is 17.7 Å². The molecule has 0 aliphatic heterocycles. The number of rotatable bonds is 5. The molecule has 108 valence electrons. The Kier molecular flexibility index (Phi) is 4.49. The van der Waals surface area contributed by atoms with E-state index >= 15 is 0 Å². The first-order valence-corrected chi connectivity index (χ1v) is 6.50. The highest BCUT2D eigenvalue weighted by Gasteiger charge is 2.29. The number of alkyl halides is 3. The molecule has 0 bridgehead atoms. The summed E-state index contributed by atoms with van der Waals surface area (Å²) in [6.45, 7) is 4.32. The van der Waals surface area contributed by atoms with E-state index in [-0.39, 0.29) is 0 Å². The molecule has 0 radical (unpaired) electrons. The van der Waals surface area contributed by atoms with Crippen LogP contribution in [0.1, 0.15) is 23.6 Å². The summed E-state index contributed by atoms with van der Waals surface area (Å²) in [6, 6.07) is 7.29. The second-order valence-corrected chi connectivity index (χ2v) is 4.67. The lowest BCUT2D eigenvalue weighted by Gasteiger charge is -2.08. The van der Waals surface area contributed by atoms with Crippen molar-refractivity contribution in [3.8, 4) is 0 Å². The standard InChI is InChI=1S/C15H17F3N2/c1-2-19-9-13-7-8-20(11-13)10-12-3-5-14(6-4-12)15(16,17)18/h3-8,11,19H,2,9-10H2,1H3. The quantitative estimate of drug-likeness (QED) is 0.885. The molecule has 1 N–H and O–H groups in total. The third-order valence-corrected chi connectivity index (χ3v) is 3.04. The van der Waals surface area contributed by atoms with Gasteiger partial charge in [0.15, 0.2) is 0 Å². The van der Waals surface area contributed by atoms with Crippen molar-refractivity contribution in [1.29, 1.82) is 0 Å². The number of nitrogens with zero attached hydrogens (tertiary/aromatic N) is 1. The zero-order valence-corrected chi connectivity index (χ0v) is 11.2. The van der Waals surface area contributed by atoms with Gasteiger partial charge in [0.1, 0.15) is 0 Å². The first-order valence-electron chi connectivity index (χ1n) is 6.50. The van der Waals surface area contributed by atoms with Crippen LogP contribution >= 0.6 is 0 Å². The molecule has 0 fully saturated rings. The Morgan fingerprint density at radius 2 is 1.75 bits per heavy atom. The van der Waals surface area contributed by atoms with Crippen LogP contribution in [0.25, 0.3) is 0 Å². The molecule has 0 aliphatic rings. The van der Waals surface area contributed by atoms with Gasteiger partial charge in [0, 0.05) is 25.5 Å². The van der Waals surface area contributed by atoms with Crippen molar-refractivity contribution in [3.63, 3.8) is 0 Å². The van der Waals surface area contributed by atoms with Gasteiger partial charge in [0.05, 0.1) is 5.56 Å². The monoisotopic (exact) mass is 282 g/mol. The lowest BCUT2D eigenvalue weighted by atomic mass is 10.1. The lowest BCUT2D eigenvalue weighted by Crippen LogP contribution is -2.11. The summed E-state index contributed by atoms with van der Waals surface area (Å²) >= 11 is 0. The van der Waals surface area contributed by atoms with Gasteiger partial charge in [-0.25, -0.2) is 0 Å². The van der Waals surface area contributed by atoms with Crippen molar-refractivity contribution in [2.75, 3.05) is 6.54 Å². The second kappa shape index (κ2) is 6.13. The van der Waals surface area contributed by atoms with Crippen LogP contribution in [0.15, 0.2) is 42.7 Å². The van der Waals surface area contributed by atoms with Gasteiger partial charge in [-0.2, -0.15) is 13.2 Å². The van der Waals surface area contributed by atoms with Gasteiger partial charge >= 0.3 is 6.18 Å². The largest absolute Gasteiger partial charge is 0.416 e. The van der Waals surface area contributed by atoms with Crippen molar-refractivity contribution >= 4 is 0 Å². The lowest BCUT2D eigenvalue weighted by molar-refractivity contribution is -0.137. The molecule has 0 atom stereocenters. The first kappa shape index (κ1) is 14.7. The minimum atomic E-state index is -4.27. The molecule has 0 amide bonds. The molecular formula is C15H17F3N2. The zero-order valence-electron chi connectivity index (χ0n) is 11.2. The van der Waals surface area contributed by atoms with E-state index in [1.807, 2.05) is 30.0 Å². The van der Waals surface area contributed by atoms with E-state index in [2.05, 4.69) is 5.32 Å². The van der Waals surface area contributed by atoms with E-state index in [0.717, 1.165) is 30.8 Å². The maximum absolute atomic E-state index is 12.5. The predicted molar refractivity (Wildman–Crippen MR) is 72.4 cm³/mol. The fourth-order valence-corrected chi connectivity index (χ4v) is 1.97. The molecule has 0 aliphatic carbocycles.